The zero-order valence-electron chi connectivity index (χ0n) is 16.1. The monoisotopic (exact) mass is 390 g/mol. The molecule has 2 aliphatic rings. The van der Waals surface area contributed by atoms with Gasteiger partial charge in [-0.25, -0.2) is 0 Å². The van der Waals surface area contributed by atoms with Gasteiger partial charge < -0.3 is 9.47 Å². The van der Waals surface area contributed by atoms with E-state index in [1.54, 1.807) is 7.11 Å². The maximum atomic E-state index is 13.2. The molecule has 1 fully saturated rings. The van der Waals surface area contributed by atoms with E-state index in [-0.39, 0.29) is 17.1 Å². The number of rotatable bonds is 7. The standard InChI is InChI=1S/C20H26N2O4S/c1-14(2)27-18-17(15-6-4-5-7-16(15)25-3)19(23)22(20(18)24)9-8-21-10-12-26-13-11-21/h4-7,14H,8-13H2,1-3H3. The molecule has 1 aromatic rings. The van der Waals surface area contributed by atoms with Crippen molar-refractivity contribution >= 4 is 29.1 Å². The predicted molar refractivity (Wildman–Crippen MR) is 107 cm³/mol. The summed E-state index contributed by atoms with van der Waals surface area (Å²) in [7, 11) is 1.58. The van der Waals surface area contributed by atoms with Crippen molar-refractivity contribution < 1.29 is 19.1 Å². The van der Waals surface area contributed by atoms with Crippen molar-refractivity contribution in [3.8, 4) is 5.75 Å². The predicted octanol–water partition coefficient (Wildman–Crippen LogP) is 2.25. The van der Waals surface area contributed by atoms with E-state index in [0.29, 0.717) is 48.1 Å². The molecular weight excluding hydrogens is 364 g/mol. The van der Waals surface area contributed by atoms with Gasteiger partial charge in [-0.1, -0.05) is 32.0 Å². The lowest BCUT2D eigenvalue weighted by atomic mass is 10.1. The number of methoxy groups -OCH3 is 1. The van der Waals surface area contributed by atoms with E-state index in [1.807, 2.05) is 38.1 Å². The second-order valence-electron chi connectivity index (χ2n) is 6.79. The van der Waals surface area contributed by atoms with Crippen LogP contribution < -0.4 is 4.74 Å². The summed E-state index contributed by atoms with van der Waals surface area (Å²) in [6, 6.07) is 7.37. The highest BCUT2D eigenvalue weighted by Crippen LogP contribution is 2.40. The normalized spacial score (nSPS) is 18.7. The van der Waals surface area contributed by atoms with Crippen LogP contribution in [0.25, 0.3) is 5.57 Å². The highest BCUT2D eigenvalue weighted by Gasteiger charge is 2.40. The molecule has 1 aromatic carbocycles. The summed E-state index contributed by atoms with van der Waals surface area (Å²) in [6.45, 7) is 8.14. The number of nitrogens with zero attached hydrogens (tertiary/aromatic N) is 2. The molecule has 0 saturated carbocycles. The van der Waals surface area contributed by atoms with Crippen LogP contribution in [-0.2, 0) is 14.3 Å². The first-order valence-corrected chi connectivity index (χ1v) is 10.1. The molecule has 2 aliphatic heterocycles. The van der Waals surface area contributed by atoms with Crippen molar-refractivity contribution in [2.75, 3.05) is 46.5 Å². The summed E-state index contributed by atoms with van der Waals surface area (Å²) in [5, 5.41) is 0.195. The molecule has 2 amide bonds. The van der Waals surface area contributed by atoms with Gasteiger partial charge in [0.15, 0.2) is 0 Å². The fourth-order valence-corrected chi connectivity index (χ4v) is 4.25. The summed E-state index contributed by atoms with van der Waals surface area (Å²) < 4.78 is 10.8. The van der Waals surface area contributed by atoms with Crippen LogP contribution in [0.2, 0.25) is 0 Å². The van der Waals surface area contributed by atoms with Gasteiger partial charge >= 0.3 is 0 Å². The lowest BCUT2D eigenvalue weighted by Crippen LogP contribution is -2.43. The van der Waals surface area contributed by atoms with Crippen LogP contribution >= 0.6 is 11.8 Å². The number of hydrogen-bond donors (Lipinski definition) is 0. The fraction of sp³-hybridized carbons (Fsp3) is 0.500. The first-order valence-electron chi connectivity index (χ1n) is 9.23. The zero-order chi connectivity index (χ0) is 19.4. The Kier molecular flexibility index (Phi) is 6.57. The van der Waals surface area contributed by atoms with Gasteiger partial charge in [0.2, 0.25) is 0 Å². The van der Waals surface area contributed by atoms with E-state index in [9.17, 15) is 9.59 Å². The second kappa shape index (κ2) is 8.91. The Labute approximate surface area is 164 Å². The van der Waals surface area contributed by atoms with Gasteiger partial charge in [0.25, 0.3) is 11.8 Å². The lowest BCUT2D eigenvalue weighted by molar-refractivity contribution is -0.136. The Morgan fingerprint density at radius 3 is 2.48 bits per heavy atom. The average Bonchev–Trinajstić information content (AvgIpc) is 2.90. The quantitative estimate of drug-likeness (QED) is 0.666. The number of ether oxygens (including phenoxy) is 2. The average molecular weight is 391 g/mol. The number of carbonyl (C=O) groups is 2. The first kappa shape index (κ1) is 19.9. The molecule has 1 saturated heterocycles. The molecule has 27 heavy (non-hydrogen) atoms. The zero-order valence-corrected chi connectivity index (χ0v) is 16.9. The van der Waals surface area contributed by atoms with Crippen molar-refractivity contribution in [1.29, 1.82) is 0 Å². The molecule has 0 aromatic heterocycles. The molecule has 0 radical (unpaired) electrons. The molecule has 6 nitrogen and oxygen atoms in total. The van der Waals surface area contributed by atoms with Crippen molar-refractivity contribution in [1.82, 2.24) is 9.80 Å². The number of morpholine rings is 1. The molecule has 0 atom stereocenters. The molecule has 0 N–H and O–H groups in total. The molecule has 0 spiro atoms. The van der Waals surface area contributed by atoms with Crippen molar-refractivity contribution in [3.05, 3.63) is 34.7 Å². The SMILES string of the molecule is COc1ccccc1C1=C(SC(C)C)C(=O)N(CCN2CCOCC2)C1=O. The smallest absolute Gasteiger partial charge is 0.268 e. The summed E-state index contributed by atoms with van der Waals surface area (Å²) in [6.07, 6.45) is 0. The maximum absolute atomic E-state index is 13.2. The Morgan fingerprint density at radius 1 is 1.11 bits per heavy atom. The van der Waals surface area contributed by atoms with Crippen LogP contribution in [0.3, 0.4) is 0 Å². The topological polar surface area (TPSA) is 59.1 Å². The minimum Gasteiger partial charge on any atom is -0.496 e. The van der Waals surface area contributed by atoms with Crippen molar-refractivity contribution in [2.24, 2.45) is 0 Å². The Bertz CT molecular complexity index is 741. The maximum Gasteiger partial charge on any atom is 0.268 e. The minimum atomic E-state index is -0.235. The van der Waals surface area contributed by atoms with E-state index in [2.05, 4.69) is 4.90 Å². The third-order valence-corrected chi connectivity index (χ3v) is 5.68. The van der Waals surface area contributed by atoms with E-state index in [0.717, 1.165) is 13.1 Å². The molecule has 0 bridgehead atoms. The number of hydrogen-bond acceptors (Lipinski definition) is 6. The van der Waals surface area contributed by atoms with Gasteiger partial charge in [0, 0.05) is 37.0 Å². The molecule has 0 unspecified atom stereocenters. The first-order chi connectivity index (χ1) is 13.0. The Hall–Kier alpha value is -1.83. The van der Waals surface area contributed by atoms with Crippen LogP contribution in [0.4, 0.5) is 0 Å². The minimum absolute atomic E-state index is 0.195. The summed E-state index contributed by atoms with van der Waals surface area (Å²) in [5.74, 6) is 0.166. The summed E-state index contributed by atoms with van der Waals surface area (Å²) in [4.78, 5) is 30.3. The highest BCUT2D eigenvalue weighted by atomic mass is 32.2. The third kappa shape index (κ3) is 4.36. The Balaban J connectivity index is 1.87. The van der Waals surface area contributed by atoms with Crippen LogP contribution in [-0.4, -0.2) is 73.4 Å². The van der Waals surface area contributed by atoms with Crippen molar-refractivity contribution in [3.63, 3.8) is 0 Å². The van der Waals surface area contributed by atoms with Gasteiger partial charge in [-0.15, -0.1) is 11.8 Å². The molecular formula is C20H26N2O4S. The molecule has 146 valence electrons. The largest absolute Gasteiger partial charge is 0.496 e. The molecule has 7 heteroatoms. The van der Waals surface area contributed by atoms with Crippen LogP contribution in [0, 0.1) is 0 Å². The second-order valence-corrected chi connectivity index (χ2v) is 8.37. The fourth-order valence-electron chi connectivity index (χ4n) is 3.26. The van der Waals surface area contributed by atoms with Gasteiger partial charge in [0.05, 0.1) is 30.8 Å². The molecule has 2 heterocycles. The van der Waals surface area contributed by atoms with E-state index in [1.165, 1.54) is 16.7 Å². The van der Waals surface area contributed by atoms with E-state index >= 15 is 0 Å². The van der Waals surface area contributed by atoms with Crippen LogP contribution in [0.15, 0.2) is 29.2 Å². The van der Waals surface area contributed by atoms with Gasteiger partial charge in [-0.2, -0.15) is 0 Å². The summed E-state index contributed by atoms with van der Waals surface area (Å²) >= 11 is 1.44. The number of imide groups is 1. The van der Waals surface area contributed by atoms with E-state index in [4.69, 9.17) is 9.47 Å². The highest BCUT2D eigenvalue weighted by molar-refractivity contribution is 8.04. The van der Waals surface area contributed by atoms with Gasteiger partial charge in [-0.3, -0.25) is 19.4 Å². The number of carbonyl (C=O) groups excluding carboxylic acids is 2. The lowest BCUT2D eigenvalue weighted by Gasteiger charge is -2.28. The number of benzene rings is 1. The molecule has 0 aliphatic carbocycles. The van der Waals surface area contributed by atoms with Crippen LogP contribution in [0.1, 0.15) is 19.4 Å². The summed E-state index contributed by atoms with van der Waals surface area (Å²) in [5.41, 5.74) is 1.13. The molecule has 3 rings (SSSR count). The van der Waals surface area contributed by atoms with Crippen LogP contribution in [0.5, 0.6) is 5.75 Å². The van der Waals surface area contributed by atoms with Gasteiger partial charge in [-0.05, 0) is 6.07 Å². The number of thioether (sulfide) groups is 1. The van der Waals surface area contributed by atoms with Crippen molar-refractivity contribution in [2.45, 2.75) is 19.1 Å². The number of amides is 2. The van der Waals surface area contributed by atoms with E-state index < -0.39 is 0 Å². The number of para-hydroxylation sites is 1. The third-order valence-electron chi connectivity index (χ3n) is 4.60. The Morgan fingerprint density at radius 2 is 1.81 bits per heavy atom. The van der Waals surface area contributed by atoms with Gasteiger partial charge in [0.1, 0.15) is 5.75 Å².